The first kappa shape index (κ1) is 14.5. The summed E-state index contributed by atoms with van der Waals surface area (Å²) in [6, 6.07) is 6.81. The van der Waals surface area contributed by atoms with Gasteiger partial charge in [0.15, 0.2) is 0 Å². The van der Waals surface area contributed by atoms with Gasteiger partial charge in [0.05, 0.1) is 12.3 Å². The van der Waals surface area contributed by atoms with E-state index in [1.165, 1.54) is 24.5 Å². The van der Waals surface area contributed by atoms with Crippen LogP contribution >= 0.6 is 0 Å². The first-order valence-electron chi connectivity index (χ1n) is 6.08. The largest absolute Gasteiger partial charge is 0.573 e. The van der Waals surface area contributed by atoms with Crippen LogP contribution in [0.5, 0.6) is 5.75 Å². The Morgan fingerprint density at radius 1 is 1.30 bits per heavy atom. The van der Waals surface area contributed by atoms with Gasteiger partial charge in [-0.1, -0.05) is 19.1 Å². The summed E-state index contributed by atoms with van der Waals surface area (Å²) in [5.41, 5.74) is 7.36. The van der Waals surface area contributed by atoms with Crippen LogP contribution in [0, 0.1) is 0 Å². The van der Waals surface area contributed by atoms with Gasteiger partial charge in [-0.05, 0) is 23.8 Å². The highest BCUT2D eigenvalue weighted by Gasteiger charge is 2.31. The first-order valence-corrected chi connectivity index (χ1v) is 6.08. The lowest BCUT2D eigenvalue weighted by Crippen LogP contribution is -2.18. The zero-order valence-corrected chi connectivity index (χ0v) is 10.8. The highest BCUT2D eigenvalue weighted by molar-refractivity contribution is 5.37. The second-order valence-electron chi connectivity index (χ2n) is 4.25. The molecule has 108 valence electrons. The fourth-order valence-corrected chi connectivity index (χ4v) is 2.00. The molecule has 0 aliphatic carbocycles. The van der Waals surface area contributed by atoms with Crippen molar-refractivity contribution in [1.82, 2.24) is 0 Å². The van der Waals surface area contributed by atoms with Gasteiger partial charge in [-0.25, -0.2) is 0 Å². The monoisotopic (exact) mass is 285 g/mol. The SMILES string of the molecule is CCc1occc1C(N)c1cccc(OC(F)(F)F)c1. The van der Waals surface area contributed by atoms with Crippen molar-refractivity contribution in [2.45, 2.75) is 25.7 Å². The molecule has 20 heavy (non-hydrogen) atoms. The van der Waals surface area contributed by atoms with Crippen LogP contribution in [0.2, 0.25) is 0 Å². The summed E-state index contributed by atoms with van der Waals surface area (Å²) in [5, 5.41) is 0. The number of hydrogen-bond acceptors (Lipinski definition) is 3. The summed E-state index contributed by atoms with van der Waals surface area (Å²) in [4.78, 5) is 0. The second-order valence-corrected chi connectivity index (χ2v) is 4.25. The number of rotatable bonds is 4. The van der Waals surface area contributed by atoms with Crippen LogP contribution < -0.4 is 10.5 Å². The maximum absolute atomic E-state index is 12.2. The number of alkyl halides is 3. The van der Waals surface area contributed by atoms with Crippen molar-refractivity contribution in [2.75, 3.05) is 0 Å². The summed E-state index contributed by atoms with van der Waals surface area (Å²) >= 11 is 0. The zero-order valence-electron chi connectivity index (χ0n) is 10.8. The number of halogens is 3. The Balaban J connectivity index is 2.27. The maximum Gasteiger partial charge on any atom is 0.573 e. The van der Waals surface area contributed by atoms with E-state index in [1.54, 1.807) is 12.1 Å². The van der Waals surface area contributed by atoms with Gasteiger partial charge >= 0.3 is 6.36 Å². The van der Waals surface area contributed by atoms with E-state index in [4.69, 9.17) is 10.2 Å². The summed E-state index contributed by atoms with van der Waals surface area (Å²) in [6.45, 7) is 1.91. The lowest BCUT2D eigenvalue weighted by Gasteiger charge is -2.14. The minimum atomic E-state index is -4.72. The van der Waals surface area contributed by atoms with Gasteiger partial charge in [0.2, 0.25) is 0 Å². The van der Waals surface area contributed by atoms with E-state index < -0.39 is 12.4 Å². The molecule has 1 aromatic heterocycles. The number of ether oxygens (including phenoxy) is 1. The summed E-state index contributed by atoms with van der Waals surface area (Å²) in [7, 11) is 0. The molecule has 0 radical (unpaired) electrons. The van der Waals surface area contributed by atoms with Gasteiger partial charge in [-0.3, -0.25) is 0 Å². The molecule has 0 amide bonds. The summed E-state index contributed by atoms with van der Waals surface area (Å²) in [5.74, 6) is 0.437. The zero-order chi connectivity index (χ0) is 14.8. The topological polar surface area (TPSA) is 48.4 Å². The third-order valence-corrected chi connectivity index (χ3v) is 2.89. The van der Waals surface area contributed by atoms with Crippen molar-refractivity contribution in [2.24, 2.45) is 5.73 Å². The van der Waals surface area contributed by atoms with Crippen molar-refractivity contribution >= 4 is 0 Å². The second kappa shape index (κ2) is 5.58. The summed E-state index contributed by atoms with van der Waals surface area (Å²) in [6.07, 6.45) is -2.54. The Bertz CT molecular complexity index is 578. The van der Waals surface area contributed by atoms with Crippen molar-refractivity contribution in [3.63, 3.8) is 0 Å². The Kier molecular flexibility index (Phi) is 4.04. The van der Waals surface area contributed by atoms with Gasteiger partial charge in [0, 0.05) is 12.0 Å². The lowest BCUT2D eigenvalue weighted by atomic mass is 9.99. The van der Waals surface area contributed by atoms with Crippen LogP contribution in [0.3, 0.4) is 0 Å². The maximum atomic E-state index is 12.2. The predicted molar refractivity (Wildman–Crippen MR) is 67.2 cm³/mol. The molecule has 0 aliphatic heterocycles. The fourth-order valence-electron chi connectivity index (χ4n) is 2.00. The van der Waals surface area contributed by atoms with E-state index in [9.17, 15) is 13.2 Å². The van der Waals surface area contributed by atoms with E-state index in [1.807, 2.05) is 6.92 Å². The van der Waals surface area contributed by atoms with Gasteiger partial charge < -0.3 is 14.9 Å². The third-order valence-electron chi connectivity index (χ3n) is 2.89. The molecule has 2 rings (SSSR count). The van der Waals surface area contributed by atoms with Gasteiger partial charge in [-0.2, -0.15) is 0 Å². The lowest BCUT2D eigenvalue weighted by molar-refractivity contribution is -0.274. The molecular weight excluding hydrogens is 271 g/mol. The summed E-state index contributed by atoms with van der Waals surface area (Å²) < 4.78 is 45.8. The number of benzene rings is 1. The van der Waals surface area contributed by atoms with E-state index >= 15 is 0 Å². The van der Waals surface area contributed by atoms with E-state index in [2.05, 4.69) is 4.74 Å². The van der Waals surface area contributed by atoms with Gasteiger partial charge in [0.1, 0.15) is 11.5 Å². The Labute approximate surface area is 114 Å². The van der Waals surface area contributed by atoms with Crippen LogP contribution in [-0.2, 0) is 6.42 Å². The molecule has 0 saturated carbocycles. The van der Waals surface area contributed by atoms with Gasteiger partial charge in [0.25, 0.3) is 0 Å². The molecule has 0 bridgehead atoms. The number of hydrogen-bond donors (Lipinski definition) is 1. The molecule has 0 fully saturated rings. The fraction of sp³-hybridized carbons (Fsp3) is 0.286. The quantitative estimate of drug-likeness (QED) is 0.929. The van der Waals surface area contributed by atoms with Crippen LogP contribution in [0.25, 0.3) is 0 Å². The normalized spacial score (nSPS) is 13.2. The number of aryl methyl sites for hydroxylation is 1. The van der Waals surface area contributed by atoms with Crippen LogP contribution in [0.1, 0.15) is 29.9 Å². The van der Waals surface area contributed by atoms with Crippen LogP contribution in [0.4, 0.5) is 13.2 Å². The molecule has 2 aromatic rings. The molecule has 1 unspecified atom stereocenters. The Morgan fingerprint density at radius 3 is 2.70 bits per heavy atom. The average molecular weight is 285 g/mol. The molecule has 2 N–H and O–H groups in total. The first-order chi connectivity index (χ1) is 9.40. The predicted octanol–water partition coefficient (Wildman–Crippen LogP) is 3.79. The number of furan rings is 1. The minimum Gasteiger partial charge on any atom is -0.469 e. The van der Waals surface area contributed by atoms with Crippen molar-refractivity contribution in [3.05, 3.63) is 53.5 Å². The standard InChI is InChI=1S/C14H14F3NO2/c1-2-12-11(6-7-19-12)13(18)9-4-3-5-10(8-9)20-14(15,16)17/h3-8,13H,2,18H2,1H3. The van der Waals surface area contributed by atoms with E-state index in [0.717, 1.165) is 11.3 Å². The molecular formula is C14H14F3NO2. The molecule has 3 nitrogen and oxygen atoms in total. The smallest absolute Gasteiger partial charge is 0.469 e. The highest BCUT2D eigenvalue weighted by Crippen LogP contribution is 2.29. The Hall–Kier alpha value is -1.95. The molecule has 0 aliphatic rings. The molecule has 1 aromatic carbocycles. The van der Waals surface area contributed by atoms with Crippen LogP contribution in [-0.4, -0.2) is 6.36 Å². The average Bonchev–Trinajstić information content (AvgIpc) is 2.84. The third kappa shape index (κ3) is 3.33. The molecule has 0 spiro atoms. The van der Waals surface area contributed by atoms with Gasteiger partial charge in [-0.15, -0.1) is 13.2 Å². The van der Waals surface area contributed by atoms with Crippen LogP contribution in [0.15, 0.2) is 41.0 Å². The van der Waals surface area contributed by atoms with Crippen molar-refractivity contribution in [1.29, 1.82) is 0 Å². The van der Waals surface area contributed by atoms with E-state index in [0.29, 0.717) is 12.0 Å². The number of nitrogens with two attached hydrogens (primary N) is 1. The van der Waals surface area contributed by atoms with E-state index in [-0.39, 0.29) is 5.75 Å². The van der Waals surface area contributed by atoms with Crippen molar-refractivity contribution < 1.29 is 22.3 Å². The minimum absolute atomic E-state index is 0.285. The van der Waals surface area contributed by atoms with Crippen molar-refractivity contribution in [3.8, 4) is 5.75 Å². The molecule has 6 heteroatoms. The molecule has 0 saturated heterocycles. The molecule has 1 atom stereocenters. The highest BCUT2D eigenvalue weighted by atomic mass is 19.4. The molecule has 1 heterocycles. The Morgan fingerprint density at radius 2 is 2.05 bits per heavy atom.